The van der Waals surface area contributed by atoms with E-state index in [1.807, 2.05) is 0 Å². The quantitative estimate of drug-likeness (QED) is 0.609. The van der Waals surface area contributed by atoms with Gasteiger partial charge in [0.25, 0.3) is 21.8 Å². The molecule has 1 unspecified atom stereocenters. The van der Waals surface area contributed by atoms with Crippen LogP contribution in [0.5, 0.6) is 5.75 Å². The number of halogens is 1. The summed E-state index contributed by atoms with van der Waals surface area (Å²) < 4.78 is 33.2. The number of hydrogen-bond acceptors (Lipinski definition) is 7. The highest BCUT2D eigenvalue weighted by Gasteiger charge is 2.44. The minimum absolute atomic E-state index is 0.00445. The summed E-state index contributed by atoms with van der Waals surface area (Å²) in [5.74, 6) is -0.617. The summed E-state index contributed by atoms with van der Waals surface area (Å²) in [5.41, 5.74) is 5.77. The number of thiophene rings is 1. The third kappa shape index (κ3) is 5.01. The lowest BCUT2D eigenvalue weighted by Gasteiger charge is -2.41. The number of ether oxygens (including phenoxy) is 1. The summed E-state index contributed by atoms with van der Waals surface area (Å²) in [5, 5.41) is 2.61. The molecule has 1 fully saturated rings. The van der Waals surface area contributed by atoms with Gasteiger partial charge in [-0.3, -0.25) is 9.59 Å². The van der Waals surface area contributed by atoms with Crippen LogP contribution in [0.3, 0.4) is 0 Å². The maximum Gasteiger partial charge on any atom is 0.259 e. The lowest BCUT2D eigenvalue weighted by atomic mass is 10.1. The molecule has 0 aliphatic carbocycles. The van der Waals surface area contributed by atoms with Crippen LogP contribution in [-0.2, 0) is 14.8 Å². The van der Waals surface area contributed by atoms with Gasteiger partial charge in [-0.2, -0.15) is 4.31 Å². The van der Waals surface area contributed by atoms with E-state index in [4.69, 9.17) is 22.1 Å². The van der Waals surface area contributed by atoms with Crippen molar-refractivity contribution in [3.8, 4) is 5.75 Å². The Labute approximate surface area is 189 Å². The van der Waals surface area contributed by atoms with Gasteiger partial charge in [0.15, 0.2) is 6.17 Å². The Balaban J connectivity index is 2.01. The minimum Gasteiger partial charge on any atom is -0.497 e. The maximum atomic E-state index is 13.3. The molecule has 3 N–H and O–H groups in total. The third-order valence-electron chi connectivity index (χ3n) is 4.71. The highest BCUT2D eigenvalue weighted by atomic mass is 35.5. The van der Waals surface area contributed by atoms with Crippen molar-refractivity contribution in [2.75, 3.05) is 33.3 Å². The Kier molecular flexibility index (Phi) is 7.55. The molecule has 1 atom stereocenters. The zero-order valence-electron chi connectivity index (χ0n) is 16.8. The highest BCUT2D eigenvalue weighted by Crippen LogP contribution is 2.31. The Morgan fingerprint density at radius 3 is 2.71 bits per heavy atom. The Hall–Kier alpha value is -2.18. The number of nitrogens with one attached hydrogen (secondary N) is 1. The normalized spacial score (nSPS) is 17.4. The summed E-state index contributed by atoms with van der Waals surface area (Å²) in [6, 6.07) is 9.35. The van der Waals surface area contributed by atoms with Crippen molar-refractivity contribution < 1.29 is 22.7 Å². The van der Waals surface area contributed by atoms with Crippen LogP contribution in [0, 0.1) is 0 Å². The van der Waals surface area contributed by atoms with E-state index in [0.29, 0.717) is 16.5 Å². The molecular formula is C19H23ClN4O5S2. The van der Waals surface area contributed by atoms with E-state index in [9.17, 15) is 18.0 Å². The number of hydrogen-bond donors (Lipinski definition) is 2. The molecule has 0 saturated carbocycles. The molecule has 9 nitrogen and oxygen atoms in total. The molecule has 1 aliphatic rings. The number of sulfonamides is 1. The molecule has 2 heterocycles. The Morgan fingerprint density at radius 1 is 1.29 bits per heavy atom. The van der Waals surface area contributed by atoms with Gasteiger partial charge >= 0.3 is 0 Å². The molecule has 0 bridgehead atoms. The summed E-state index contributed by atoms with van der Waals surface area (Å²) in [6.45, 7) is 0.624. The highest BCUT2D eigenvalue weighted by molar-refractivity contribution is 7.91. The van der Waals surface area contributed by atoms with Crippen LogP contribution in [0.4, 0.5) is 0 Å². The Morgan fingerprint density at radius 2 is 2.06 bits per heavy atom. The number of amides is 2. The van der Waals surface area contributed by atoms with E-state index < -0.39 is 28.0 Å². The third-order valence-corrected chi connectivity index (χ3v) is 8.26. The summed E-state index contributed by atoms with van der Waals surface area (Å²) in [6.07, 6.45) is -0.987. The van der Waals surface area contributed by atoms with Crippen LogP contribution in [0.25, 0.3) is 0 Å². The molecule has 0 spiro atoms. The molecule has 1 aliphatic heterocycles. The van der Waals surface area contributed by atoms with Crippen molar-refractivity contribution in [2.45, 2.75) is 16.8 Å². The van der Waals surface area contributed by atoms with Crippen molar-refractivity contribution in [2.24, 2.45) is 5.73 Å². The van der Waals surface area contributed by atoms with E-state index in [-0.39, 0.29) is 36.0 Å². The number of nitrogens with two attached hydrogens (primary N) is 1. The number of carbonyl (C=O) groups is 2. The largest absolute Gasteiger partial charge is 0.497 e. The molecular weight excluding hydrogens is 464 g/mol. The second kappa shape index (κ2) is 9.96. The smallest absolute Gasteiger partial charge is 0.259 e. The minimum atomic E-state index is -4.07. The van der Waals surface area contributed by atoms with Gasteiger partial charge in [0.05, 0.1) is 11.4 Å². The topological polar surface area (TPSA) is 122 Å². The van der Waals surface area contributed by atoms with Crippen LogP contribution < -0.4 is 15.8 Å². The van der Waals surface area contributed by atoms with Crippen molar-refractivity contribution in [1.82, 2.24) is 14.5 Å². The second-order valence-electron chi connectivity index (χ2n) is 6.71. The van der Waals surface area contributed by atoms with Gasteiger partial charge in [-0.25, -0.2) is 8.42 Å². The fraction of sp³-hybridized carbons (Fsp3) is 0.368. The summed E-state index contributed by atoms with van der Waals surface area (Å²) in [7, 11) is -2.58. The van der Waals surface area contributed by atoms with Crippen LogP contribution in [-0.4, -0.2) is 68.9 Å². The standard InChI is InChI=1S/C19H23ClN4O5S2/c1-29-14-5-2-4-13(12-14)19(26)23-10-3-11-24(18(23)17(25)22-9-8-21)31(27,28)16-7-6-15(20)30-16/h2,4-7,12,18H,3,8-11,21H2,1H3,(H,22,25). The van der Waals surface area contributed by atoms with Gasteiger partial charge in [0.2, 0.25) is 0 Å². The molecule has 0 radical (unpaired) electrons. The first-order valence-corrected chi connectivity index (χ1v) is 12.1. The van der Waals surface area contributed by atoms with Crippen molar-refractivity contribution >= 4 is 44.8 Å². The predicted molar refractivity (Wildman–Crippen MR) is 118 cm³/mol. The molecule has 1 saturated heterocycles. The average molecular weight is 487 g/mol. The number of carbonyl (C=O) groups excluding carboxylic acids is 2. The predicted octanol–water partition coefficient (Wildman–Crippen LogP) is 1.35. The number of benzene rings is 1. The van der Waals surface area contributed by atoms with Gasteiger partial charge in [-0.05, 0) is 36.8 Å². The molecule has 1 aromatic carbocycles. The van der Waals surface area contributed by atoms with Gasteiger partial charge in [0.1, 0.15) is 9.96 Å². The van der Waals surface area contributed by atoms with E-state index in [0.717, 1.165) is 15.6 Å². The van der Waals surface area contributed by atoms with E-state index in [2.05, 4.69) is 5.32 Å². The molecule has 12 heteroatoms. The lowest BCUT2D eigenvalue weighted by molar-refractivity contribution is -0.130. The molecule has 168 valence electrons. The molecule has 2 amide bonds. The first kappa shape index (κ1) is 23.5. The van der Waals surface area contributed by atoms with Crippen molar-refractivity contribution in [1.29, 1.82) is 0 Å². The van der Waals surface area contributed by atoms with Crippen LogP contribution in [0.2, 0.25) is 4.34 Å². The zero-order valence-corrected chi connectivity index (χ0v) is 19.2. The summed E-state index contributed by atoms with van der Waals surface area (Å²) >= 11 is 6.82. The number of rotatable bonds is 7. The SMILES string of the molecule is COc1cccc(C(=O)N2CCCN(S(=O)(=O)c3ccc(Cl)s3)C2C(=O)NCCN)c1. The maximum absolute atomic E-state index is 13.3. The first-order valence-electron chi connectivity index (χ1n) is 9.49. The zero-order chi connectivity index (χ0) is 22.6. The fourth-order valence-electron chi connectivity index (χ4n) is 3.29. The molecule has 1 aromatic heterocycles. The molecule has 3 rings (SSSR count). The molecule has 31 heavy (non-hydrogen) atoms. The number of nitrogens with zero attached hydrogens (tertiary/aromatic N) is 2. The molecule has 2 aromatic rings. The van der Waals surface area contributed by atoms with Crippen molar-refractivity contribution in [3.63, 3.8) is 0 Å². The van der Waals surface area contributed by atoms with Gasteiger partial charge in [0, 0.05) is 31.7 Å². The van der Waals surface area contributed by atoms with Gasteiger partial charge < -0.3 is 20.7 Å². The van der Waals surface area contributed by atoms with Crippen molar-refractivity contribution in [3.05, 3.63) is 46.3 Å². The average Bonchev–Trinajstić information content (AvgIpc) is 3.23. The first-order chi connectivity index (χ1) is 14.8. The fourth-order valence-corrected chi connectivity index (χ4v) is 6.50. The lowest BCUT2D eigenvalue weighted by Crippen LogP contribution is -2.63. The van der Waals surface area contributed by atoms with E-state index >= 15 is 0 Å². The van der Waals surface area contributed by atoms with E-state index in [1.54, 1.807) is 24.3 Å². The summed E-state index contributed by atoms with van der Waals surface area (Å²) in [4.78, 5) is 27.6. The van der Waals surface area contributed by atoms with Crippen LogP contribution in [0.15, 0.2) is 40.6 Å². The van der Waals surface area contributed by atoms with Gasteiger partial charge in [-0.15, -0.1) is 11.3 Å². The van der Waals surface area contributed by atoms with Crippen LogP contribution >= 0.6 is 22.9 Å². The van der Waals surface area contributed by atoms with Crippen LogP contribution in [0.1, 0.15) is 16.8 Å². The Bertz CT molecular complexity index is 1060. The second-order valence-corrected chi connectivity index (χ2v) is 10.5. The number of methoxy groups -OCH3 is 1. The monoisotopic (exact) mass is 486 g/mol. The van der Waals surface area contributed by atoms with Gasteiger partial charge in [-0.1, -0.05) is 17.7 Å². The van der Waals surface area contributed by atoms with E-state index in [1.165, 1.54) is 24.1 Å².